The van der Waals surface area contributed by atoms with E-state index in [1.807, 2.05) is 26.0 Å². The topological polar surface area (TPSA) is 95.9 Å². The van der Waals surface area contributed by atoms with Gasteiger partial charge in [-0.1, -0.05) is 6.07 Å². The molecule has 2 rings (SSSR count). The third-order valence-electron chi connectivity index (χ3n) is 2.61. The molecule has 0 saturated heterocycles. The molecule has 2 N–H and O–H groups in total. The molecule has 0 aliphatic heterocycles. The number of rotatable bonds is 5. The summed E-state index contributed by atoms with van der Waals surface area (Å²) in [6.45, 7) is 1.94. The maximum Gasteiger partial charge on any atom is 0.272 e. The van der Waals surface area contributed by atoms with Crippen molar-refractivity contribution in [3.05, 3.63) is 44.2 Å². The van der Waals surface area contributed by atoms with Gasteiger partial charge in [0.25, 0.3) is 10.9 Å². The molecule has 0 spiro atoms. The molecule has 7 nitrogen and oxygen atoms in total. The standard InChI is InChI=1S/C13H11NO5.C3H9N/c1-2-19-13-9(11(17)12(13)18)14-8-5-3-4-7(6-15)10(8)16;1-4(2)3/h3-6,14,16H,2H2,1H3;1-3H3. The average molecular weight is 320 g/mol. The Balaban J connectivity index is 0.000000593. The molecule has 0 atom stereocenters. The molecule has 124 valence electrons. The number of para-hydroxylation sites is 1. The molecule has 0 unspecified atom stereocenters. The van der Waals surface area contributed by atoms with Crippen LogP contribution in [0.25, 0.3) is 0 Å². The van der Waals surface area contributed by atoms with Crippen molar-refractivity contribution in [3.63, 3.8) is 0 Å². The summed E-state index contributed by atoms with van der Waals surface area (Å²) in [6, 6.07) is 4.45. The van der Waals surface area contributed by atoms with Crippen LogP contribution >= 0.6 is 0 Å². The van der Waals surface area contributed by atoms with E-state index in [1.54, 1.807) is 6.92 Å². The van der Waals surface area contributed by atoms with Crippen molar-refractivity contribution in [3.8, 4) is 11.5 Å². The smallest absolute Gasteiger partial charge is 0.272 e. The Labute approximate surface area is 133 Å². The zero-order chi connectivity index (χ0) is 17.6. The van der Waals surface area contributed by atoms with Gasteiger partial charge >= 0.3 is 0 Å². The van der Waals surface area contributed by atoms with Gasteiger partial charge in [0, 0.05) is 0 Å². The molecule has 2 aromatic rings. The summed E-state index contributed by atoms with van der Waals surface area (Å²) < 4.78 is 5.04. The zero-order valence-corrected chi connectivity index (χ0v) is 13.5. The summed E-state index contributed by atoms with van der Waals surface area (Å²) in [4.78, 5) is 35.4. The normalized spacial score (nSPS) is 10.1. The van der Waals surface area contributed by atoms with Crippen LogP contribution in [0, 0.1) is 0 Å². The van der Waals surface area contributed by atoms with E-state index in [4.69, 9.17) is 4.74 Å². The van der Waals surface area contributed by atoms with Gasteiger partial charge in [0.05, 0.1) is 17.9 Å². The second-order valence-corrected chi connectivity index (χ2v) is 5.12. The number of nitrogens with one attached hydrogen (secondary N) is 1. The van der Waals surface area contributed by atoms with Crippen molar-refractivity contribution < 1.29 is 14.6 Å². The third-order valence-corrected chi connectivity index (χ3v) is 2.61. The Morgan fingerprint density at radius 3 is 2.35 bits per heavy atom. The highest BCUT2D eigenvalue weighted by Crippen LogP contribution is 2.31. The molecule has 2 aromatic carbocycles. The number of carbonyl (C=O) groups excluding carboxylic acids is 1. The van der Waals surface area contributed by atoms with Crippen LogP contribution in [0.5, 0.6) is 11.5 Å². The fourth-order valence-corrected chi connectivity index (χ4v) is 1.66. The molecule has 0 aliphatic rings. The van der Waals surface area contributed by atoms with Crippen molar-refractivity contribution in [2.45, 2.75) is 6.92 Å². The van der Waals surface area contributed by atoms with Crippen LogP contribution in [0.15, 0.2) is 27.8 Å². The van der Waals surface area contributed by atoms with Crippen molar-refractivity contribution in [1.82, 2.24) is 4.90 Å². The molecular weight excluding hydrogens is 300 g/mol. The van der Waals surface area contributed by atoms with Gasteiger partial charge in [0.1, 0.15) is 11.4 Å². The van der Waals surface area contributed by atoms with Gasteiger partial charge in [0.15, 0.2) is 12.0 Å². The highest BCUT2D eigenvalue weighted by atomic mass is 16.5. The van der Waals surface area contributed by atoms with Gasteiger partial charge in [-0.15, -0.1) is 0 Å². The number of anilines is 2. The lowest BCUT2D eigenvalue weighted by atomic mass is 10.1. The lowest BCUT2D eigenvalue weighted by molar-refractivity contribution is 0.112. The van der Waals surface area contributed by atoms with E-state index in [-0.39, 0.29) is 35.0 Å². The molecule has 0 aromatic heterocycles. The van der Waals surface area contributed by atoms with E-state index in [0.29, 0.717) is 6.29 Å². The first kappa shape index (κ1) is 18.4. The summed E-state index contributed by atoms with van der Waals surface area (Å²) in [5.41, 5.74) is -1.17. The molecule has 0 heterocycles. The minimum absolute atomic E-state index is 0.00908. The van der Waals surface area contributed by atoms with Crippen molar-refractivity contribution in [2.75, 3.05) is 33.1 Å². The highest BCUT2D eigenvalue weighted by molar-refractivity contribution is 5.85. The molecular formula is C16H20N2O5. The SMILES string of the molecule is CCOc1c(Nc2cccc(C=O)c2O)c(=O)c1=O.CN(C)C. The van der Waals surface area contributed by atoms with Crippen LogP contribution in [0.2, 0.25) is 0 Å². The summed E-state index contributed by atoms with van der Waals surface area (Å²) in [5, 5.41) is 12.4. The molecule has 0 amide bonds. The number of hydrogen-bond acceptors (Lipinski definition) is 7. The summed E-state index contributed by atoms with van der Waals surface area (Å²) in [7, 11) is 6.00. The van der Waals surface area contributed by atoms with Crippen LogP contribution in [-0.2, 0) is 0 Å². The van der Waals surface area contributed by atoms with Gasteiger partial charge in [-0.2, -0.15) is 0 Å². The predicted molar refractivity (Wildman–Crippen MR) is 88.9 cm³/mol. The Morgan fingerprint density at radius 2 is 1.83 bits per heavy atom. The Hall–Kier alpha value is -2.67. The predicted octanol–water partition coefficient (Wildman–Crippen LogP) is 1.12. The summed E-state index contributed by atoms with van der Waals surface area (Å²) in [5.74, 6) is -0.337. The number of benzene rings is 1. The van der Waals surface area contributed by atoms with Crippen molar-refractivity contribution in [1.29, 1.82) is 0 Å². The number of aldehydes is 1. The van der Waals surface area contributed by atoms with Crippen molar-refractivity contribution >= 4 is 17.7 Å². The average Bonchev–Trinajstić information content (AvgIpc) is 2.51. The second-order valence-electron chi connectivity index (χ2n) is 5.12. The van der Waals surface area contributed by atoms with Crippen LogP contribution in [0.1, 0.15) is 17.3 Å². The lowest BCUT2D eigenvalue weighted by Gasteiger charge is -2.14. The molecule has 0 saturated carbocycles. The summed E-state index contributed by atoms with van der Waals surface area (Å²) in [6.07, 6.45) is 0.492. The zero-order valence-electron chi connectivity index (χ0n) is 13.5. The largest absolute Gasteiger partial charge is 0.505 e. The van der Waals surface area contributed by atoms with Crippen LogP contribution in [0.4, 0.5) is 11.4 Å². The van der Waals surface area contributed by atoms with Crippen LogP contribution in [-0.4, -0.2) is 44.0 Å². The van der Waals surface area contributed by atoms with Gasteiger partial charge in [0.2, 0.25) is 0 Å². The van der Waals surface area contributed by atoms with Gasteiger partial charge < -0.3 is 20.1 Å². The lowest BCUT2D eigenvalue weighted by Crippen LogP contribution is -2.35. The van der Waals surface area contributed by atoms with Gasteiger partial charge in [-0.25, -0.2) is 0 Å². The number of carbonyl (C=O) groups is 1. The van der Waals surface area contributed by atoms with E-state index < -0.39 is 10.9 Å². The monoisotopic (exact) mass is 320 g/mol. The number of nitrogens with zero attached hydrogens (tertiary/aromatic N) is 1. The first-order chi connectivity index (χ1) is 10.8. The van der Waals surface area contributed by atoms with E-state index >= 15 is 0 Å². The van der Waals surface area contributed by atoms with Crippen molar-refractivity contribution in [2.24, 2.45) is 0 Å². The fourth-order valence-electron chi connectivity index (χ4n) is 1.66. The molecule has 0 fully saturated rings. The maximum atomic E-state index is 11.4. The van der Waals surface area contributed by atoms with Crippen LogP contribution < -0.4 is 20.9 Å². The van der Waals surface area contributed by atoms with E-state index in [0.717, 1.165) is 0 Å². The summed E-state index contributed by atoms with van der Waals surface area (Å²) >= 11 is 0. The third kappa shape index (κ3) is 4.40. The van der Waals surface area contributed by atoms with E-state index in [9.17, 15) is 19.5 Å². The first-order valence-electron chi connectivity index (χ1n) is 6.94. The van der Waals surface area contributed by atoms with Gasteiger partial charge in [-0.3, -0.25) is 14.4 Å². The minimum atomic E-state index is -0.709. The van der Waals surface area contributed by atoms with Crippen LogP contribution in [0.3, 0.4) is 0 Å². The molecule has 23 heavy (non-hydrogen) atoms. The van der Waals surface area contributed by atoms with E-state index in [1.165, 1.54) is 18.2 Å². The number of hydrogen-bond donors (Lipinski definition) is 2. The Morgan fingerprint density at radius 1 is 1.22 bits per heavy atom. The number of aromatic hydroxyl groups is 1. The second kappa shape index (κ2) is 8.09. The number of phenols is 1. The Kier molecular flexibility index (Phi) is 6.47. The molecule has 0 aliphatic carbocycles. The quantitative estimate of drug-likeness (QED) is 0.484. The van der Waals surface area contributed by atoms with E-state index in [2.05, 4.69) is 5.32 Å². The molecule has 0 bridgehead atoms. The maximum absolute atomic E-state index is 11.4. The molecule has 0 radical (unpaired) electrons. The minimum Gasteiger partial charge on any atom is -0.505 e. The fraction of sp³-hybridized carbons (Fsp3) is 0.312. The number of phenolic OH excluding ortho intramolecular Hbond substituents is 1. The van der Waals surface area contributed by atoms with Gasteiger partial charge in [-0.05, 0) is 40.2 Å². The highest BCUT2D eigenvalue weighted by Gasteiger charge is 2.23. The number of ether oxygens (including phenoxy) is 1. The first-order valence-corrected chi connectivity index (χ1v) is 6.94. The molecule has 7 heteroatoms. The Bertz CT molecular complexity index is 743.